The first-order chi connectivity index (χ1) is 11.3. The normalized spacial score (nSPS) is 13.4. The second-order valence-electron chi connectivity index (χ2n) is 5.78. The molecule has 0 heterocycles. The van der Waals surface area contributed by atoms with Gasteiger partial charge in [-0.1, -0.05) is 32.0 Å². The highest BCUT2D eigenvalue weighted by Gasteiger charge is 2.37. The molecule has 2 atom stereocenters. The number of aliphatic carboxylic acids is 1. The number of carboxylic acids is 1. The molecular formula is C17H24N2O4S. The molecule has 3 N–H and O–H groups in total. The van der Waals surface area contributed by atoms with E-state index >= 15 is 0 Å². The van der Waals surface area contributed by atoms with Crippen molar-refractivity contribution in [1.29, 1.82) is 0 Å². The summed E-state index contributed by atoms with van der Waals surface area (Å²) in [5, 5.41) is 9.54. The maximum absolute atomic E-state index is 12.8. The minimum atomic E-state index is -1.23. The van der Waals surface area contributed by atoms with E-state index in [2.05, 4.69) is 0 Å². The summed E-state index contributed by atoms with van der Waals surface area (Å²) in [6, 6.07) is 6.00. The van der Waals surface area contributed by atoms with E-state index in [0.717, 1.165) is 4.90 Å². The molecule has 0 aliphatic rings. The third-order valence-electron chi connectivity index (χ3n) is 3.67. The molecule has 0 radical (unpaired) electrons. The minimum absolute atomic E-state index is 0.172. The maximum Gasteiger partial charge on any atom is 0.326 e. The zero-order valence-electron chi connectivity index (χ0n) is 14.1. The first-order valence-electron chi connectivity index (χ1n) is 7.71. The van der Waals surface area contributed by atoms with Crippen molar-refractivity contribution in [2.45, 2.75) is 32.4 Å². The van der Waals surface area contributed by atoms with Crippen molar-refractivity contribution in [2.24, 2.45) is 11.7 Å². The average molecular weight is 352 g/mol. The third-order valence-corrected chi connectivity index (χ3v) is 4.32. The SMILES string of the molecule is CSCC[C@@H](C(=O)O)N(C(=O)c1ccccc1)C(=O)[C@@H](N)C(C)C. The lowest BCUT2D eigenvalue weighted by molar-refractivity contribution is -0.148. The second kappa shape index (κ2) is 9.44. The summed E-state index contributed by atoms with van der Waals surface area (Å²) in [6.45, 7) is 3.51. The zero-order valence-corrected chi connectivity index (χ0v) is 15.0. The molecule has 132 valence electrons. The lowest BCUT2D eigenvalue weighted by Crippen LogP contribution is -2.55. The smallest absolute Gasteiger partial charge is 0.326 e. The number of thioether (sulfide) groups is 1. The molecule has 0 unspecified atom stereocenters. The molecule has 24 heavy (non-hydrogen) atoms. The quantitative estimate of drug-likeness (QED) is 0.740. The molecule has 7 heteroatoms. The zero-order chi connectivity index (χ0) is 18.3. The van der Waals surface area contributed by atoms with Crippen LogP contribution in [0.5, 0.6) is 0 Å². The molecule has 0 saturated carbocycles. The minimum Gasteiger partial charge on any atom is -0.480 e. The van der Waals surface area contributed by atoms with Gasteiger partial charge in [0, 0.05) is 5.56 Å². The van der Waals surface area contributed by atoms with Gasteiger partial charge < -0.3 is 10.8 Å². The summed E-state index contributed by atoms with van der Waals surface area (Å²) in [5.41, 5.74) is 6.16. The third kappa shape index (κ3) is 5.07. The summed E-state index contributed by atoms with van der Waals surface area (Å²) in [6.07, 6.45) is 2.01. The molecule has 0 saturated heterocycles. The number of carboxylic acid groups (broad SMARTS) is 1. The number of nitrogens with two attached hydrogens (primary N) is 1. The number of benzene rings is 1. The van der Waals surface area contributed by atoms with Gasteiger partial charge in [-0.15, -0.1) is 0 Å². The summed E-state index contributed by atoms with van der Waals surface area (Å²) in [4.78, 5) is 38.0. The lowest BCUT2D eigenvalue weighted by Gasteiger charge is -2.30. The van der Waals surface area contributed by atoms with Crippen LogP contribution in [0.15, 0.2) is 30.3 Å². The predicted octanol–water partition coefficient (Wildman–Crippen LogP) is 1.84. The van der Waals surface area contributed by atoms with Crippen LogP contribution in [-0.4, -0.2) is 51.9 Å². The van der Waals surface area contributed by atoms with Gasteiger partial charge in [0.05, 0.1) is 6.04 Å². The van der Waals surface area contributed by atoms with Crippen molar-refractivity contribution in [1.82, 2.24) is 4.90 Å². The van der Waals surface area contributed by atoms with Gasteiger partial charge in [-0.25, -0.2) is 4.79 Å². The van der Waals surface area contributed by atoms with Crippen LogP contribution in [0.1, 0.15) is 30.6 Å². The Morgan fingerprint density at radius 2 is 1.79 bits per heavy atom. The van der Waals surface area contributed by atoms with E-state index < -0.39 is 29.9 Å². The van der Waals surface area contributed by atoms with Gasteiger partial charge in [0.2, 0.25) is 5.91 Å². The highest BCUT2D eigenvalue weighted by Crippen LogP contribution is 2.17. The molecule has 1 aromatic rings. The summed E-state index contributed by atoms with van der Waals surface area (Å²) in [5.74, 6) is -2.20. The Balaban J connectivity index is 3.26. The number of imide groups is 1. The van der Waals surface area contributed by atoms with Gasteiger partial charge in [-0.2, -0.15) is 11.8 Å². The Morgan fingerprint density at radius 1 is 1.21 bits per heavy atom. The van der Waals surface area contributed by atoms with Crippen molar-refractivity contribution in [3.63, 3.8) is 0 Å². The number of carbonyl (C=O) groups is 3. The first kappa shape index (κ1) is 20.2. The maximum atomic E-state index is 12.8. The van der Waals surface area contributed by atoms with E-state index in [-0.39, 0.29) is 17.9 Å². The molecule has 0 bridgehead atoms. The van der Waals surface area contributed by atoms with E-state index in [1.54, 1.807) is 44.2 Å². The van der Waals surface area contributed by atoms with Gasteiger partial charge in [-0.3, -0.25) is 14.5 Å². The molecule has 0 aliphatic carbocycles. The molecule has 0 fully saturated rings. The number of hydrogen-bond donors (Lipinski definition) is 2. The lowest BCUT2D eigenvalue weighted by atomic mass is 10.0. The van der Waals surface area contributed by atoms with Crippen LogP contribution in [0.2, 0.25) is 0 Å². The van der Waals surface area contributed by atoms with Crippen molar-refractivity contribution in [3.8, 4) is 0 Å². The van der Waals surface area contributed by atoms with Crippen LogP contribution in [0.4, 0.5) is 0 Å². The van der Waals surface area contributed by atoms with Crippen molar-refractivity contribution in [2.75, 3.05) is 12.0 Å². The summed E-state index contributed by atoms with van der Waals surface area (Å²) < 4.78 is 0. The monoisotopic (exact) mass is 352 g/mol. The van der Waals surface area contributed by atoms with Crippen LogP contribution in [0.25, 0.3) is 0 Å². The largest absolute Gasteiger partial charge is 0.480 e. The summed E-state index contributed by atoms with van der Waals surface area (Å²) >= 11 is 1.45. The van der Waals surface area contributed by atoms with E-state index in [0.29, 0.717) is 5.75 Å². The van der Waals surface area contributed by atoms with E-state index in [1.807, 2.05) is 6.26 Å². The molecule has 0 aromatic heterocycles. The Morgan fingerprint density at radius 3 is 2.25 bits per heavy atom. The van der Waals surface area contributed by atoms with Crippen LogP contribution in [-0.2, 0) is 9.59 Å². The number of rotatable bonds is 8. The number of hydrogen-bond acceptors (Lipinski definition) is 5. The van der Waals surface area contributed by atoms with Crippen molar-refractivity contribution < 1.29 is 19.5 Å². The Labute approximate surface area is 146 Å². The van der Waals surface area contributed by atoms with E-state index in [1.165, 1.54) is 11.8 Å². The van der Waals surface area contributed by atoms with Crippen molar-refractivity contribution >= 4 is 29.5 Å². The van der Waals surface area contributed by atoms with Gasteiger partial charge in [-0.05, 0) is 36.5 Å². The molecule has 1 aromatic carbocycles. The van der Waals surface area contributed by atoms with Gasteiger partial charge >= 0.3 is 5.97 Å². The number of amides is 2. The van der Waals surface area contributed by atoms with Crippen LogP contribution in [0, 0.1) is 5.92 Å². The fourth-order valence-corrected chi connectivity index (χ4v) is 2.61. The van der Waals surface area contributed by atoms with Crippen LogP contribution >= 0.6 is 11.8 Å². The Kier molecular flexibility index (Phi) is 7.94. The molecule has 6 nitrogen and oxygen atoms in total. The number of nitrogens with zero attached hydrogens (tertiary/aromatic N) is 1. The van der Waals surface area contributed by atoms with Crippen LogP contribution < -0.4 is 5.73 Å². The topological polar surface area (TPSA) is 101 Å². The highest BCUT2D eigenvalue weighted by atomic mass is 32.2. The van der Waals surface area contributed by atoms with E-state index in [4.69, 9.17) is 5.73 Å². The Hall–Kier alpha value is -1.86. The first-order valence-corrected chi connectivity index (χ1v) is 9.10. The average Bonchev–Trinajstić information content (AvgIpc) is 2.57. The fraction of sp³-hybridized carbons (Fsp3) is 0.471. The highest BCUT2D eigenvalue weighted by molar-refractivity contribution is 7.98. The molecule has 1 rings (SSSR count). The number of carbonyl (C=O) groups excluding carboxylic acids is 2. The summed E-state index contributed by atoms with van der Waals surface area (Å²) in [7, 11) is 0. The van der Waals surface area contributed by atoms with E-state index in [9.17, 15) is 19.5 Å². The fourth-order valence-electron chi connectivity index (χ4n) is 2.15. The van der Waals surface area contributed by atoms with Gasteiger partial charge in [0.25, 0.3) is 5.91 Å². The standard InChI is InChI=1S/C17H24N2O4S/c1-11(2)14(18)16(21)19(13(17(22)23)9-10-24-3)15(20)12-7-5-4-6-8-12/h4-8,11,13-14H,9-10,18H2,1-3H3,(H,22,23)/t13-,14-/m0/s1. The van der Waals surface area contributed by atoms with Crippen molar-refractivity contribution in [3.05, 3.63) is 35.9 Å². The molecule has 0 aliphatic heterocycles. The predicted molar refractivity (Wildman–Crippen MR) is 94.9 cm³/mol. The van der Waals surface area contributed by atoms with Gasteiger partial charge in [0.1, 0.15) is 6.04 Å². The Bertz CT molecular complexity index is 577. The molecule has 0 spiro atoms. The second-order valence-corrected chi connectivity index (χ2v) is 6.77. The molecular weight excluding hydrogens is 328 g/mol. The van der Waals surface area contributed by atoms with Gasteiger partial charge in [0.15, 0.2) is 0 Å². The van der Waals surface area contributed by atoms with Crippen LogP contribution in [0.3, 0.4) is 0 Å². The molecule has 2 amide bonds.